The van der Waals surface area contributed by atoms with Gasteiger partial charge >= 0.3 is 0 Å². The van der Waals surface area contributed by atoms with Crippen molar-refractivity contribution in [3.63, 3.8) is 0 Å². The number of hydrogen-bond donors (Lipinski definition) is 2. The van der Waals surface area contributed by atoms with Gasteiger partial charge in [-0.05, 0) is 19.8 Å². The maximum atomic E-state index is 5.52. The number of H-pyrrole nitrogens is 1. The van der Waals surface area contributed by atoms with Crippen LogP contribution in [0.3, 0.4) is 0 Å². The molecule has 2 atom stereocenters. The largest absolute Gasteiger partial charge is 0.372 e. The Morgan fingerprint density at radius 2 is 2.24 bits per heavy atom. The summed E-state index contributed by atoms with van der Waals surface area (Å²) in [5.41, 5.74) is 0. The van der Waals surface area contributed by atoms with Crippen molar-refractivity contribution in [2.45, 2.75) is 58.7 Å². The van der Waals surface area contributed by atoms with Crippen LogP contribution in [-0.2, 0) is 11.3 Å². The van der Waals surface area contributed by atoms with Gasteiger partial charge < -0.3 is 10.1 Å². The summed E-state index contributed by atoms with van der Waals surface area (Å²) >= 11 is 0. The van der Waals surface area contributed by atoms with E-state index in [1.54, 1.807) is 0 Å². The number of hydrogen-bond acceptors (Lipinski definition) is 5. The van der Waals surface area contributed by atoms with Crippen LogP contribution in [0.15, 0.2) is 0 Å². The second-order valence-electron chi connectivity index (χ2n) is 4.30. The first-order valence-electron chi connectivity index (χ1n) is 6.32. The second-order valence-corrected chi connectivity index (χ2v) is 4.30. The Kier molecular flexibility index (Phi) is 6.73. The smallest absolute Gasteiger partial charge is 0.200 e. The van der Waals surface area contributed by atoms with Crippen LogP contribution in [0.1, 0.15) is 45.9 Å². The monoisotopic (exact) mass is 241 g/mol. The van der Waals surface area contributed by atoms with Crippen molar-refractivity contribution in [2.75, 3.05) is 6.61 Å². The summed E-state index contributed by atoms with van der Waals surface area (Å²) in [5, 5.41) is 17.1. The molecule has 1 rings (SSSR count). The molecule has 0 unspecified atom stereocenters. The molecule has 1 aromatic rings. The molecule has 0 aliphatic heterocycles. The van der Waals surface area contributed by atoms with Crippen LogP contribution in [-0.4, -0.2) is 39.3 Å². The first-order chi connectivity index (χ1) is 8.26. The minimum Gasteiger partial charge on any atom is -0.372 e. The van der Waals surface area contributed by atoms with Crippen molar-refractivity contribution in [1.82, 2.24) is 25.9 Å². The molecule has 6 heteroatoms. The van der Waals surface area contributed by atoms with Gasteiger partial charge in [-0.15, -0.1) is 10.2 Å². The van der Waals surface area contributed by atoms with Crippen molar-refractivity contribution in [2.24, 2.45) is 0 Å². The molecule has 17 heavy (non-hydrogen) atoms. The van der Waals surface area contributed by atoms with Crippen molar-refractivity contribution in [3.8, 4) is 0 Å². The fraction of sp³-hybridized carbons (Fsp3) is 0.909. The van der Waals surface area contributed by atoms with Crippen LogP contribution < -0.4 is 5.32 Å². The van der Waals surface area contributed by atoms with Crippen LogP contribution in [0.5, 0.6) is 0 Å². The van der Waals surface area contributed by atoms with Crippen LogP contribution in [0, 0.1) is 0 Å². The molecule has 0 amide bonds. The maximum Gasteiger partial charge on any atom is 0.200 e. The number of nitrogens with zero attached hydrogens (tertiary/aromatic N) is 3. The molecule has 0 aromatic carbocycles. The number of aromatic amines is 1. The summed E-state index contributed by atoms with van der Waals surface area (Å²) in [6, 6.07) is 0.933. The van der Waals surface area contributed by atoms with Crippen molar-refractivity contribution < 1.29 is 4.74 Å². The molecule has 0 aliphatic carbocycles. The Labute approximate surface area is 103 Å². The van der Waals surface area contributed by atoms with Crippen molar-refractivity contribution in [1.29, 1.82) is 0 Å². The predicted molar refractivity (Wildman–Crippen MR) is 65.4 cm³/mol. The van der Waals surface area contributed by atoms with Gasteiger partial charge in [0.25, 0.3) is 0 Å². The number of aromatic nitrogens is 4. The molecule has 0 saturated heterocycles. The fourth-order valence-electron chi connectivity index (χ4n) is 1.77. The lowest BCUT2D eigenvalue weighted by molar-refractivity contribution is 0.0941. The average Bonchev–Trinajstić information content (AvgIpc) is 2.81. The van der Waals surface area contributed by atoms with E-state index >= 15 is 0 Å². The van der Waals surface area contributed by atoms with Crippen LogP contribution in [0.4, 0.5) is 0 Å². The zero-order valence-corrected chi connectivity index (χ0v) is 10.9. The van der Waals surface area contributed by atoms with E-state index < -0.39 is 0 Å². The molecule has 1 aromatic heterocycles. The zero-order chi connectivity index (χ0) is 12.5. The third-order valence-electron chi connectivity index (χ3n) is 2.64. The molecule has 0 radical (unpaired) electrons. The summed E-state index contributed by atoms with van der Waals surface area (Å²) in [6.07, 6.45) is 3.58. The summed E-state index contributed by atoms with van der Waals surface area (Å²) < 4.78 is 5.52. The third kappa shape index (κ3) is 5.74. The lowest BCUT2D eigenvalue weighted by atomic mass is 10.1. The van der Waals surface area contributed by atoms with E-state index in [0.717, 1.165) is 6.42 Å². The fourth-order valence-corrected chi connectivity index (χ4v) is 1.77. The molecule has 2 N–H and O–H groups in total. The molecule has 0 aliphatic rings. The minimum atomic E-state index is 0.346. The van der Waals surface area contributed by atoms with E-state index in [2.05, 4.69) is 46.7 Å². The van der Waals surface area contributed by atoms with Gasteiger partial charge in [0.15, 0.2) is 5.82 Å². The molecule has 0 fully saturated rings. The van der Waals surface area contributed by atoms with E-state index in [4.69, 9.17) is 4.74 Å². The topological polar surface area (TPSA) is 75.7 Å². The van der Waals surface area contributed by atoms with Gasteiger partial charge in [-0.3, -0.25) is 0 Å². The highest BCUT2D eigenvalue weighted by Gasteiger charge is 2.09. The molecule has 98 valence electrons. The van der Waals surface area contributed by atoms with Crippen molar-refractivity contribution >= 4 is 0 Å². The quantitative estimate of drug-likeness (QED) is 0.681. The summed E-state index contributed by atoms with van der Waals surface area (Å²) in [5.74, 6) is 0.595. The highest BCUT2D eigenvalue weighted by atomic mass is 16.5. The molecular weight excluding hydrogens is 218 g/mol. The van der Waals surface area contributed by atoms with Gasteiger partial charge in [-0.2, -0.15) is 5.21 Å². The molecule has 0 saturated carbocycles. The minimum absolute atomic E-state index is 0.346. The summed E-state index contributed by atoms with van der Waals surface area (Å²) in [7, 11) is 0. The Morgan fingerprint density at radius 3 is 2.82 bits per heavy atom. The molecular formula is C11H23N5O. The van der Waals surface area contributed by atoms with Gasteiger partial charge in [-0.1, -0.05) is 25.5 Å². The number of nitrogens with one attached hydrogen (secondary N) is 2. The van der Waals surface area contributed by atoms with E-state index in [1.165, 1.54) is 12.8 Å². The lowest BCUT2D eigenvalue weighted by Gasteiger charge is -2.21. The summed E-state index contributed by atoms with van der Waals surface area (Å²) in [4.78, 5) is 0. The predicted octanol–water partition coefficient (Wildman–Crippen LogP) is 1.27. The number of tetrazole rings is 1. The van der Waals surface area contributed by atoms with Crippen LogP contribution in [0.25, 0.3) is 0 Å². The van der Waals surface area contributed by atoms with E-state index in [0.29, 0.717) is 31.1 Å². The molecule has 1 heterocycles. The average molecular weight is 241 g/mol. The van der Waals surface area contributed by atoms with Gasteiger partial charge in [-0.25, -0.2) is 0 Å². The first-order valence-corrected chi connectivity index (χ1v) is 6.32. The number of ether oxygens (including phenoxy) is 1. The SMILES string of the molecule is CCC[C@@H](CC)N[C@@H](C)COCc1nn[nH]n1. The van der Waals surface area contributed by atoms with Gasteiger partial charge in [0.05, 0.1) is 6.61 Å². The standard InChI is InChI=1S/C11H23N5O/c1-4-6-10(5-2)12-9(3)7-17-8-11-13-15-16-14-11/h9-10,12H,4-8H2,1-3H3,(H,13,14,15,16)/t9-,10+/m0/s1. The Hall–Kier alpha value is -1.01. The van der Waals surface area contributed by atoms with Gasteiger partial charge in [0, 0.05) is 12.1 Å². The van der Waals surface area contributed by atoms with Gasteiger partial charge in [0.2, 0.25) is 0 Å². The summed E-state index contributed by atoms with van der Waals surface area (Å²) in [6.45, 7) is 7.62. The first kappa shape index (κ1) is 14.1. The molecule has 0 spiro atoms. The van der Waals surface area contributed by atoms with E-state index in [1.807, 2.05) is 0 Å². The van der Waals surface area contributed by atoms with E-state index in [-0.39, 0.29) is 0 Å². The van der Waals surface area contributed by atoms with Gasteiger partial charge in [0.1, 0.15) is 6.61 Å². The van der Waals surface area contributed by atoms with Crippen LogP contribution in [0.2, 0.25) is 0 Å². The molecule has 6 nitrogen and oxygen atoms in total. The highest BCUT2D eigenvalue weighted by molar-refractivity contribution is 4.72. The Morgan fingerprint density at radius 1 is 1.41 bits per heavy atom. The lowest BCUT2D eigenvalue weighted by Crippen LogP contribution is -2.38. The van der Waals surface area contributed by atoms with Crippen LogP contribution >= 0.6 is 0 Å². The maximum absolute atomic E-state index is 5.52. The highest BCUT2D eigenvalue weighted by Crippen LogP contribution is 2.02. The normalized spacial score (nSPS) is 14.8. The second kappa shape index (κ2) is 8.14. The Balaban J connectivity index is 2.13. The zero-order valence-electron chi connectivity index (χ0n) is 10.9. The van der Waals surface area contributed by atoms with Crippen molar-refractivity contribution in [3.05, 3.63) is 5.82 Å². The number of rotatable bonds is 9. The van der Waals surface area contributed by atoms with E-state index in [9.17, 15) is 0 Å². The third-order valence-corrected chi connectivity index (χ3v) is 2.64. The molecule has 0 bridgehead atoms. The Bertz CT molecular complexity index is 277.